The average molecular weight is 201 g/mol. The van der Waals surface area contributed by atoms with Crippen molar-refractivity contribution in [3.8, 4) is 0 Å². The van der Waals surface area contributed by atoms with Crippen LogP contribution in [0.15, 0.2) is 18.2 Å². The SMILES string of the molecule is CC.Cc1cc(Cl)ccc1C(=O)O. The number of aryl methyl sites for hydroxylation is 1. The molecule has 72 valence electrons. The van der Waals surface area contributed by atoms with Gasteiger partial charge in [0.05, 0.1) is 5.56 Å². The Hall–Kier alpha value is -1.02. The molecule has 0 saturated heterocycles. The van der Waals surface area contributed by atoms with Gasteiger partial charge in [0, 0.05) is 5.02 Å². The quantitative estimate of drug-likeness (QED) is 0.755. The molecule has 0 amide bonds. The van der Waals surface area contributed by atoms with E-state index in [1.807, 2.05) is 13.8 Å². The number of aromatic carboxylic acids is 1. The molecule has 1 rings (SSSR count). The molecule has 0 aliphatic carbocycles. The van der Waals surface area contributed by atoms with Crippen LogP contribution >= 0.6 is 11.6 Å². The van der Waals surface area contributed by atoms with Crippen molar-refractivity contribution < 1.29 is 9.90 Å². The maximum atomic E-state index is 10.5. The Morgan fingerprint density at radius 1 is 1.38 bits per heavy atom. The zero-order chi connectivity index (χ0) is 10.4. The van der Waals surface area contributed by atoms with Crippen molar-refractivity contribution in [3.05, 3.63) is 34.3 Å². The molecule has 0 unspecified atom stereocenters. The van der Waals surface area contributed by atoms with Crippen LogP contribution < -0.4 is 0 Å². The van der Waals surface area contributed by atoms with Crippen molar-refractivity contribution in [2.45, 2.75) is 20.8 Å². The third kappa shape index (κ3) is 3.47. The maximum absolute atomic E-state index is 10.5. The largest absolute Gasteiger partial charge is 0.478 e. The van der Waals surface area contributed by atoms with Gasteiger partial charge in [-0.25, -0.2) is 4.79 Å². The summed E-state index contributed by atoms with van der Waals surface area (Å²) in [7, 11) is 0. The Balaban J connectivity index is 0.000000671. The van der Waals surface area contributed by atoms with Crippen molar-refractivity contribution in [3.63, 3.8) is 0 Å². The van der Waals surface area contributed by atoms with E-state index >= 15 is 0 Å². The van der Waals surface area contributed by atoms with E-state index in [1.54, 1.807) is 19.1 Å². The highest BCUT2D eigenvalue weighted by Crippen LogP contribution is 2.14. The van der Waals surface area contributed by atoms with Gasteiger partial charge >= 0.3 is 5.97 Å². The number of carbonyl (C=O) groups is 1. The van der Waals surface area contributed by atoms with Crippen LogP contribution in [-0.2, 0) is 0 Å². The summed E-state index contributed by atoms with van der Waals surface area (Å²) >= 11 is 5.63. The molecule has 3 heteroatoms. The van der Waals surface area contributed by atoms with E-state index in [9.17, 15) is 4.79 Å². The van der Waals surface area contributed by atoms with E-state index in [1.165, 1.54) is 6.07 Å². The first-order valence-corrected chi connectivity index (χ1v) is 4.48. The fourth-order valence-corrected chi connectivity index (χ4v) is 1.09. The van der Waals surface area contributed by atoms with Crippen LogP contribution in [0.2, 0.25) is 5.02 Å². The molecule has 0 atom stereocenters. The Labute approximate surface area is 83.2 Å². The first-order valence-electron chi connectivity index (χ1n) is 4.10. The highest BCUT2D eigenvalue weighted by atomic mass is 35.5. The molecular formula is C10H13ClO2. The molecule has 1 aromatic rings. The highest BCUT2D eigenvalue weighted by molar-refractivity contribution is 6.30. The minimum atomic E-state index is -0.917. The standard InChI is InChI=1S/C8H7ClO2.C2H6/c1-5-4-6(9)2-3-7(5)8(10)11;1-2/h2-4H,1H3,(H,10,11);1-2H3. The predicted molar refractivity (Wildman–Crippen MR) is 54.5 cm³/mol. The number of benzene rings is 1. The molecule has 0 spiro atoms. The lowest BCUT2D eigenvalue weighted by atomic mass is 10.1. The summed E-state index contributed by atoms with van der Waals surface area (Å²) in [5.74, 6) is -0.917. The molecule has 1 aromatic carbocycles. The zero-order valence-electron chi connectivity index (χ0n) is 7.97. The lowest BCUT2D eigenvalue weighted by Crippen LogP contribution is -1.98. The lowest BCUT2D eigenvalue weighted by Gasteiger charge is -1.98. The molecule has 0 aromatic heterocycles. The van der Waals surface area contributed by atoms with E-state index in [4.69, 9.17) is 16.7 Å². The molecule has 2 nitrogen and oxygen atoms in total. The van der Waals surface area contributed by atoms with Gasteiger partial charge in [-0.05, 0) is 30.7 Å². The zero-order valence-corrected chi connectivity index (χ0v) is 8.72. The van der Waals surface area contributed by atoms with Gasteiger partial charge in [0.2, 0.25) is 0 Å². The summed E-state index contributed by atoms with van der Waals surface area (Å²) in [4.78, 5) is 10.5. The maximum Gasteiger partial charge on any atom is 0.335 e. The fourth-order valence-electron chi connectivity index (χ4n) is 0.867. The molecular weight excluding hydrogens is 188 g/mol. The summed E-state index contributed by atoms with van der Waals surface area (Å²) in [6.07, 6.45) is 0. The number of hydrogen-bond acceptors (Lipinski definition) is 1. The summed E-state index contributed by atoms with van der Waals surface area (Å²) < 4.78 is 0. The molecule has 0 fully saturated rings. The monoisotopic (exact) mass is 200 g/mol. The van der Waals surface area contributed by atoms with Crippen molar-refractivity contribution in [1.29, 1.82) is 0 Å². The topological polar surface area (TPSA) is 37.3 Å². The van der Waals surface area contributed by atoms with E-state index in [2.05, 4.69) is 0 Å². The minimum Gasteiger partial charge on any atom is -0.478 e. The molecule has 13 heavy (non-hydrogen) atoms. The van der Waals surface area contributed by atoms with Gasteiger partial charge in [-0.3, -0.25) is 0 Å². The van der Waals surface area contributed by atoms with Crippen molar-refractivity contribution in [1.82, 2.24) is 0 Å². The smallest absolute Gasteiger partial charge is 0.335 e. The average Bonchev–Trinajstić information content (AvgIpc) is 2.07. The van der Waals surface area contributed by atoms with Crippen LogP contribution in [0.5, 0.6) is 0 Å². The lowest BCUT2D eigenvalue weighted by molar-refractivity contribution is 0.0696. The molecule has 0 aliphatic heterocycles. The number of halogens is 1. The van der Waals surface area contributed by atoms with Crippen LogP contribution in [0.25, 0.3) is 0 Å². The fraction of sp³-hybridized carbons (Fsp3) is 0.300. The van der Waals surface area contributed by atoms with Crippen LogP contribution in [0.1, 0.15) is 29.8 Å². The highest BCUT2D eigenvalue weighted by Gasteiger charge is 2.05. The Bertz CT molecular complexity index is 295. The van der Waals surface area contributed by atoms with E-state index < -0.39 is 5.97 Å². The normalized spacial score (nSPS) is 8.62. The summed E-state index contributed by atoms with van der Waals surface area (Å²) in [6.45, 7) is 5.72. The second kappa shape index (κ2) is 5.60. The Morgan fingerprint density at radius 2 is 1.92 bits per heavy atom. The van der Waals surface area contributed by atoms with Gasteiger partial charge in [0.15, 0.2) is 0 Å². The molecule has 0 heterocycles. The first-order chi connectivity index (χ1) is 6.11. The third-order valence-electron chi connectivity index (χ3n) is 1.42. The van der Waals surface area contributed by atoms with Gasteiger partial charge < -0.3 is 5.11 Å². The molecule has 1 N–H and O–H groups in total. The summed E-state index contributed by atoms with van der Waals surface area (Å²) in [5.41, 5.74) is 0.986. The molecule has 0 radical (unpaired) electrons. The molecule has 0 bridgehead atoms. The van der Waals surface area contributed by atoms with Crippen LogP contribution in [0.4, 0.5) is 0 Å². The van der Waals surface area contributed by atoms with Crippen molar-refractivity contribution >= 4 is 17.6 Å². The Morgan fingerprint density at radius 3 is 2.31 bits per heavy atom. The van der Waals surface area contributed by atoms with Gasteiger partial charge in [-0.15, -0.1) is 0 Å². The van der Waals surface area contributed by atoms with Crippen LogP contribution in [0, 0.1) is 6.92 Å². The second-order valence-electron chi connectivity index (χ2n) is 2.26. The number of rotatable bonds is 1. The third-order valence-corrected chi connectivity index (χ3v) is 1.65. The van der Waals surface area contributed by atoms with Crippen molar-refractivity contribution in [2.24, 2.45) is 0 Å². The van der Waals surface area contributed by atoms with Crippen LogP contribution in [0.3, 0.4) is 0 Å². The van der Waals surface area contributed by atoms with Gasteiger partial charge in [-0.2, -0.15) is 0 Å². The van der Waals surface area contributed by atoms with E-state index in [0.717, 1.165) is 0 Å². The molecule has 0 aliphatic rings. The number of hydrogen-bond donors (Lipinski definition) is 1. The molecule has 0 saturated carbocycles. The van der Waals surface area contributed by atoms with Gasteiger partial charge in [0.25, 0.3) is 0 Å². The summed E-state index contributed by atoms with van der Waals surface area (Å²) in [6, 6.07) is 4.70. The summed E-state index contributed by atoms with van der Waals surface area (Å²) in [5, 5.41) is 9.18. The Kier molecular flexibility index (Phi) is 5.16. The van der Waals surface area contributed by atoms with E-state index in [0.29, 0.717) is 16.1 Å². The second-order valence-corrected chi connectivity index (χ2v) is 2.70. The number of carboxylic acids is 1. The van der Waals surface area contributed by atoms with Gasteiger partial charge in [0.1, 0.15) is 0 Å². The minimum absolute atomic E-state index is 0.300. The number of carboxylic acid groups (broad SMARTS) is 1. The predicted octanol–water partition coefficient (Wildman–Crippen LogP) is 3.37. The van der Waals surface area contributed by atoms with Gasteiger partial charge in [-0.1, -0.05) is 25.4 Å². The first kappa shape index (κ1) is 12.0. The van der Waals surface area contributed by atoms with Crippen molar-refractivity contribution in [2.75, 3.05) is 0 Å². The van der Waals surface area contributed by atoms with Crippen LogP contribution in [-0.4, -0.2) is 11.1 Å². The van der Waals surface area contributed by atoms with E-state index in [-0.39, 0.29) is 0 Å².